The Kier molecular flexibility index (Phi) is 5.48. The Balaban J connectivity index is 1.80. The van der Waals surface area contributed by atoms with E-state index in [1.807, 2.05) is 6.92 Å². The summed E-state index contributed by atoms with van der Waals surface area (Å²) < 4.78 is 0. The number of rotatable bonds is 4. The molecule has 104 valence electrons. The van der Waals surface area contributed by atoms with Gasteiger partial charge in [0.2, 0.25) is 5.91 Å². The highest BCUT2D eigenvalue weighted by Gasteiger charge is 2.15. The number of aryl methyl sites for hydroxylation is 1. The van der Waals surface area contributed by atoms with Gasteiger partial charge in [-0.2, -0.15) is 0 Å². The molecule has 1 amide bonds. The zero-order valence-corrected chi connectivity index (χ0v) is 12.5. The van der Waals surface area contributed by atoms with E-state index in [-0.39, 0.29) is 5.91 Å². The summed E-state index contributed by atoms with van der Waals surface area (Å²) in [5.74, 6) is 0.517. The van der Waals surface area contributed by atoms with Crippen molar-refractivity contribution in [2.24, 2.45) is 0 Å². The summed E-state index contributed by atoms with van der Waals surface area (Å²) >= 11 is 7.52. The van der Waals surface area contributed by atoms with Gasteiger partial charge in [0.15, 0.2) is 0 Å². The number of nitrogens with one attached hydrogen (secondary N) is 2. The number of pyridine rings is 1. The Morgan fingerprint density at radius 1 is 1.53 bits per heavy atom. The highest BCUT2D eigenvalue weighted by atomic mass is 35.5. The Morgan fingerprint density at radius 2 is 2.26 bits per heavy atom. The quantitative estimate of drug-likeness (QED) is 0.839. The molecular weight excluding hydrogens is 282 g/mol. The predicted molar refractivity (Wildman–Crippen MR) is 81.0 cm³/mol. The van der Waals surface area contributed by atoms with E-state index in [1.54, 1.807) is 23.9 Å². The zero-order valence-electron chi connectivity index (χ0n) is 10.9. The van der Waals surface area contributed by atoms with Crippen molar-refractivity contribution in [2.75, 3.05) is 24.2 Å². The minimum absolute atomic E-state index is 0.0238. The van der Waals surface area contributed by atoms with Crippen molar-refractivity contribution in [3.05, 3.63) is 23.0 Å². The van der Waals surface area contributed by atoms with Gasteiger partial charge in [-0.3, -0.25) is 4.79 Å². The molecule has 4 nitrogen and oxygen atoms in total. The van der Waals surface area contributed by atoms with E-state index in [0.717, 1.165) is 37.3 Å². The maximum atomic E-state index is 11.9. The number of anilines is 1. The maximum absolute atomic E-state index is 11.9. The van der Waals surface area contributed by atoms with Gasteiger partial charge in [0.05, 0.1) is 17.1 Å². The summed E-state index contributed by atoms with van der Waals surface area (Å²) in [5, 5.41) is 7.24. The lowest BCUT2D eigenvalue weighted by Gasteiger charge is -2.21. The van der Waals surface area contributed by atoms with Crippen molar-refractivity contribution in [1.29, 1.82) is 0 Å². The van der Waals surface area contributed by atoms with Crippen molar-refractivity contribution in [2.45, 2.75) is 25.0 Å². The van der Waals surface area contributed by atoms with E-state index < -0.39 is 0 Å². The summed E-state index contributed by atoms with van der Waals surface area (Å²) in [6, 6.07) is 3.47. The third kappa shape index (κ3) is 4.67. The van der Waals surface area contributed by atoms with E-state index >= 15 is 0 Å². The molecule has 0 bridgehead atoms. The lowest BCUT2D eigenvalue weighted by atomic mass is 10.2. The third-order valence-electron chi connectivity index (χ3n) is 3.06. The second kappa shape index (κ2) is 7.12. The lowest BCUT2D eigenvalue weighted by molar-refractivity contribution is -0.113. The fourth-order valence-electron chi connectivity index (χ4n) is 2.00. The number of carbonyl (C=O) groups excluding carboxylic acids is 1. The van der Waals surface area contributed by atoms with Gasteiger partial charge in [-0.1, -0.05) is 11.6 Å². The number of amides is 1. The SMILES string of the molecule is Cc1nc(Cl)ccc1NC(=O)CSC1CCNCC1. The van der Waals surface area contributed by atoms with Crippen molar-refractivity contribution >= 4 is 35.0 Å². The normalized spacial score (nSPS) is 16.3. The van der Waals surface area contributed by atoms with E-state index in [4.69, 9.17) is 11.6 Å². The summed E-state index contributed by atoms with van der Waals surface area (Å²) in [5.41, 5.74) is 1.48. The lowest BCUT2D eigenvalue weighted by Crippen LogP contribution is -2.30. The first kappa shape index (κ1) is 14.6. The molecule has 0 radical (unpaired) electrons. The van der Waals surface area contributed by atoms with Crippen LogP contribution in [0.2, 0.25) is 5.15 Å². The second-order valence-electron chi connectivity index (χ2n) is 4.58. The number of aromatic nitrogens is 1. The molecule has 0 unspecified atom stereocenters. The van der Waals surface area contributed by atoms with Gasteiger partial charge < -0.3 is 10.6 Å². The fourth-order valence-corrected chi connectivity index (χ4v) is 3.22. The van der Waals surface area contributed by atoms with E-state index in [9.17, 15) is 4.79 Å². The topological polar surface area (TPSA) is 54.0 Å². The van der Waals surface area contributed by atoms with Crippen LogP contribution in [-0.2, 0) is 4.79 Å². The average molecular weight is 300 g/mol. The molecule has 0 spiro atoms. The third-order valence-corrected chi connectivity index (χ3v) is 4.64. The number of thioether (sulfide) groups is 1. The van der Waals surface area contributed by atoms with Crippen molar-refractivity contribution in [1.82, 2.24) is 10.3 Å². The summed E-state index contributed by atoms with van der Waals surface area (Å²) in [7, 11) is 0. The molecule has 0 saturated carbocycles. The second-order valence-corrected chi connectivity index (χ2v) is 6.25. The Morgan fingerprint density at radius 3 is 2.95 bits per heavy atom. The number of hydrogen-bond donors (Lipinski definition) is 2. The standard InChI is InChI=1S/C13H18ClN3OS/c1-9-11(2-3-12(14)16-9)17-13(18)8-19-10-4-6-15-7-5-10/h2-3,10,15H,4-8H2,1H3,(H,17,18). The van der Waals surface area contributed by atoms with E-state index in [0.29, 0.717) is 16.2 Å². The van der Waals surface area contributed by atoms with Crippen LogP contribution < -0.4 is 10.6 Å². The maximum Gasteiger partial charge on any atom is 0.234 e. The van der Waals surface area contributed by atoms with Crippen molar-refractivity contribution < 1.29 is 4.79 Å². The Hall–Kier alpha value is -0.780. The van der Waals surface area contributed by atoms with Crippen LogP contribution in [0.15, 0.2) is 12.1 Å². The number of piperidine rings is 1. The van der Waals surface area contributed by atoms with Crippen LogP contribution in [0.3, 0.4) is 0 Å². The molecule has 1 fully saturated rings. The first-order valence-electron chi connectivity index (χ1n) is 6.40. The first-order chi connectivity index (χ1) is 9.15. The Bertz CT molecular complexity index is 450. The van der Waals surface area contributed by atoms with Gasteiger partial charge in [0, 0.05) is 5.25 Å². The molecular formula is C13H18ClN3OS. The average Bonchev–Trinajstić information content (AvgIpc) is 2.41. The van der Waals surface area contributed by atoms with E-state index in [2.05, 4.69) is 15.6 Å². The van der Waals surface area contributed by atoms with E-state index in [1.165, 1.54) is 0 Å². The molecule has 19 heavy (non-hydrogen) atoms. The number of carbonyl (C=O) groups is 1. The molecule has 2 heterocycles. The molecule has 1 aromatic rings. The molecule has 6 heteroatoms. The van der Waals surface area contributed by atoms with Crippen LogP contribution in [0, 0.1) is 6.92 Å². The minimum atomic E-state index is 0.0238. The van der Waals surface area contributed by atoms with Crippen LogP contribution in [0.25, 0.3) is 0 Å². The van der Waals surface area contributed by atoms with Gasteiger partial charge in [0.25, 0.3) is 0 Å². The molecule has 2 N–H and O–H groups in total. The monoisotopic (exact) mass is 299 g/mol. The largest absolute Gasteiger partial charge is 0.324 e. The number of hydrogen-bond acceptors (Lipinski definition) is 4. The number of nitrogens with zero attached hydrogens (tertiary/aromatic N) is 1. The fraction of sp³-hybridized carbons (Fsp3) is 0.538. The smallest absolute Gasteiger partial charge is 0.234 e. The molecule has 0 atom stereocenters. The summed E-state index contributed by atoms with van der Waals surface area (Å²) in [6.07, 6.45) is 2.28. The molecule has 2 rings (SSSR count). The highest BCUT2D eigenvalue weighted by molar-refractivity contribution is 8.00. The van der Waals surface area contributed by atoms with Crippen LogP contribution in [0.5, 0.6) is 0 Å². The summed E-state index contributed by atoms with van der Waals surface area (Å²) in [4.78, 5) is 16.0. The van der Waals surface area contributed by atoms with Gasteiger partial charge in [0.1, 0.15) is 5.15 Å². The van der Waals surface area contributed by atoms with Crippen molar-refractivity contribution in [3.8, 4) is 0 Å². The van der Waals surface area contributed by atoms with Gasteiger partial charge in [-0.15, -0.1) is 11.8 Å². The molecule has 0 aliphatic carbocycles. The van der Waals surface area contributed by atoms with Crippen LogP contribution in [0.1, 0.15) is 18.5 Å². The first-order valence-corrected chi connectivity index (χ1v) is 7.83. The molecule has 1 aromatic heterocycles. The molecule has 0 aromatic carbocycles. The molecule has 1 saturated heterocycles. The molecule has 1 aliphatic rings. The van der Waals surface area contributed by atoms with Gasteiger partial charge in [-0.05, 0) is 45.0 Å². The Labute approximate surface area is 122 Å². The summed E-state index contributed by atoms with van der Waals surface area (Å²) in [6.45, 7) is 3.94. The van der Waals surface area contributed by atoms with Crippen molar-refractivity contribution in [3.63, 3.8) is 0 Å². The van der Waals surface area contributed by atoms with Crippen LogP contribution in [0.4, 0.5) is 5.69 Å². The minimum Gasteiger partial charge on any atom is -0.324 e. The van der Waals surface area contributed by atoms with Gasteiger partial charge >= 0.3 is 0 Å². The van der Waals surface area contributed by atoms with Gasteiger partial charge in [-0.25, -0.2) is 4.98 Å². The van der Waals surface area contributed by atoms with Crippen LogP contribution in [-0.4, -0.2) is 35.0 Å². The molecule has 1 aliphatic heterocycles. The highest BCUT2D eigenvalue weighted by Crippen LogP contribution is 2.21. The number of halogens is 1. The van der Waals surface area contributed by atoms with Crippen LogP contribution >= 0.6 is 23.4 Å². The predicted octanol–water partition coefficient (Wildman–Crippen LogP) is 2.47. The zero-order chi connectivity index (χ0) is 13.7.